The van der Waals surface area contributed by atoms with Gasteiger partial charge in [0.05, 0.1) is 18.6 Å². The van der Waals surface area contributed by atoms with Crippen molar-refractivity contribution in [2.45, 2.75) is 25.6 Å². The van der Waals surface area contributed by atoms with Gasteiger partial charge in [0.1, 0.15) is 0 Å². The van der Waals surface area contributed by atoms with Gasteiger partial charge in [0.25, 0.3) is 0 Å². The summed E-state index contributed by atoms with van der Waals surface area (Å²) in [6.45, 7) is 2.64. The third-order valence-corrected chi connectivity index (χ3v) is 4.76. The molecule has 1 aromatic carbocycles. The summed E-state index contributed by atoms with van der Waals surface area (Å²) >= 11 is 0. The molecule has 6 heteroatoms. The smallest absolute Gasteiger partial charge is 0.225 e. The third-order valence-electron chi connectivity index (χ3n) is 4.76. The van der Waals surface area contributed by atoms with E-state index in [0.717, 1.165) is 24.2 Å². The van der Waals surface area contributed by atoms with Crippen molar-refractivity contribution in [3.05, 3.63) is 35.4 Å². The number of hydrogen-bond acceptors (Lipinski definition) is 4. The maximum atomic E-state index is 12.3. The molecule has 6 nitrogen and oxygen atoms in total. The second kappa shape index (κ2) is 6.68. The van der Waals surface area contributed by atoms with Gasteiger partial charge in [0.15, 0.2) is 0 Å². The monoisotopic (exact) mass is 317 g/mol. The van der Waals surface area contributed by atoms with E-state index in [-0.39, 0.29) is 30.4 Å². The number of hydrogen-bond donors (Lipinski definition) is 2. The molecular weight excluding hydrogens is 294 g/mol. The SMILES string of the molecule is CN1CC(N2CC(C(=O)NCc3ccccc3CO)CC2=O)C1. The zero-order chi connectivity index (χ0) is 16.4. The second-order valence-electron chi connectivity index (χ2n) is 6.47. The lowest BCUT2D eigenvalue weighted by Gasteiger charge is -2.42. The summed E-state index contributed by atoms with van der Waals surface area (Å²) in [5, 5.41) is 12.2. The summed E-state index contributed by atoms with van der Waals surface area (Å²) in [4.78, 5) is 28.5. The summed E-state index contributed by atoms with van der Waals surface area (Å²) in [6, 6.07) is 7.74. The van der Waals surface area contributed by atoms with E-state index >= 15 is 0 Å². The Kier molecular flexibility index (Phi) is 4.63. The van der Waals surface area contributed by atoms with Crippen molar-refractivity contribution in [2.75, 3.05) is 26.7 Å². The van der Waals surface area contributed by atoms with E-state index in [1.807, 2.05) is 36.2 Å². The van der Waals surface area contributed by atoms with E-state index in [2.05, 4.69) is 10.2 Å². The van der Waals surface area contributed by atoms with Gasteiger partial charge in [0.2, 0.25) is 11.8 Å². The first-order chi connectivity index (χ1) is 11.1. The average Bonchev–Trinajstić information content (AvgIpc) is 2.91. The van der Waals surface area contributed by atoms with Crippen molar-refractivity contribution in [3.63, 3.8) is 0 Å². The number of nitrogens with zero attached hydrogens (tertiary/aromatic N) is 2. The quantitative estimate of drug-likeness (QED) is 0.799. The number of likely N-dealkylation sites (N-methyl/N-ethyl adjacent to an activating group) is 1. The summed E-state index contributed by atoms with van der Waals surface area (Å²) in [5.74, 6) is -0.269. The largest absolute Gasteiger partial charge is 0.392 e. The van der Waals surface area contributed by atoms with Crippen molar-refractivity contribution in [1.29, 1.82) is 0 Å². The highest BCUT2D eigenvalue weighted by Gasteiger charge is 2.41. The van der Waals surface area contributed by atoms with Gasteiger partial charge < -0.3 is 20.2 Å². The van der Waals surface area contributed by atoms with Gasteiger partial charge in [0, 0.05) is 32.6 Å². The summed E-state index contributed by atoms with van der Waals surface area (Å²) in [5.41, 5.74) is 1.72. The number of nitrogens with one attached hydrogen (secondary N) is 1. The minimum Gasteiger partial charge on any atom is -0.392 e. The lowest BCUT2D eigenvalue weighted by molar-refractivity contribution is -0.132. The van der Waals surface area contributed by atoms with Crippen LogP contribution in [0.15, 0.2) is 24.3 Å². The number of amides is 2. The van der Waals surface area contributed by atoms with Gasteiger partial charge in [-0.1, -0.05) is 24.3 Å². The van der Waals surface area contributed by atoms with E-state index < -0.39 is 0 Å². The van der Waals surface area contributed by atoms with E-state index in [4.69, 9.17) is 0 Å². The zero-order valence-corrected chi connectivity index (χ0v) is 13.4. The van der Waals surface area contributed by atoms with Gasteiger partial charge in [-0.2, -0.15) is 0 Å². The Balaban J connectivity index is 1.54. The summed E-state index contributed by atoms with van der Waals surface area (Å²) < 4.78 is 0. The molecular formula is C17H23N3O3. The van der Waals surface area contributed by atoms with Gasteiger partial charge in [-0.3, -0.25) is 9.59 Å². The number of carbonyl (C=O) groups excluding carboxylic acids is 2. The highest BCUT2D eigenvalue weighted by Crippen LogP contribution is 2.24. The second-order valence-corrected chi connectivity index (χ2v) is 6.47. The van der Waals surface area contributed by atoms with Crippen molar-refractivity contribution in [1.82, 2.24) is 15.1 Å². The van der Waals surface area contributed by atoms with Gasteiger partial charge >= 0.3 is 0 Å². The molecule has 0 aliphatic carbocycles. The molecule has 124 valence electrons. The highest BCUT2D eigenvalue weighted by molar-refractivity contribution is 5.89. The molecule has 2 aliphatic heterocycles. The standard InChI is InChI=1S/C17H23N3O3/c1-19-9-15(10-19)20-8-14(6-16(20)22)17(23)18-7-12-4-2-3-5-13(12)11-21/h2-5,14-15,21H,6-11H2,1H3,(H,18,23). The Bertz CT molecular complexity index is 599. The Labute approximate surface area is 136 Å². The molecule has 0 radical (unpaired) electrons. The van der Waals surface area contributed by atoms with Crippen LogP contribution in [0.2, 0.25) is 0 Å². The number of carbonyl (C=O) groups is 2. The third kappa shape index (κ3) is 3.38. The Hall–Kier alpha value is -1.92. The first-order valence-corrected chi connectivity index (χ1v) is 8.02. The molecule has 23 heavy (non-hydrogen) atoms. The fourth-order valence-electron chi connectivity index (χ4n) is 3.33. The maximum absolute atomic E-state index is 12.3. The minimum absolute atomic E-state index is 0.0447. The molecule has 2 aliphatic rings. The first-order valence-electron chi connectivity index (χ1n) is 8.02. The van der Waals surface area contributed by atoms with Crippen LogP contribution in [0, 0.1) is 5.92 Å². The summed E-state index contributed by atoms with van der Waals surface area (Å²) in [6.07, 6.45) is 0.299. The molecule has 0 aromatic heterocycles. The predicted octanol–water partition coefficient (Wildman–Crippen LogP) is -0.0424. The number of aliphatic hydroxyl groups excluding tert-OH is 1. The summed E-state index contributed by atoms with van der Waals surface area (Å²) in [7, 11) is 2.03. The normalized spacial score (nSPS) is 22.3. The zero-order valence-electron chi connectivity index (χ0n) is 13.4. The molecule has 0 spiro atoms. The van der Waals surface area contributed by atoms with Crippen LogP contribution in [0.4, 0.5) is 0 Å². The molecule has 3 rings (SSSR count). The molecule has 1 atom stereocenters. The van der Waals surface area contributed by atoms with Crippen LogP contribution in [0.3, 0.4) is 0 Å². The molecule has 1 unspecified atom stereocenters. The highest BCUT2D eigenvalue weighted by atomic mass is 16.3. The number of aliphatic hydroxyl groups is 1. The topological polar surface area (TPSA) is 72.9 Å². The molecule has 0 saturated carbocycles. The van der Waals surface area contributed by atoms with Crippen LogP contribution < -0.4 is 5.32 Å². The minimum atomic E-state index is -0.269. The van der Waals surface area contributed by atoms with Crippen molar-refractivity contribution >= 4 is 11.8 Å². The lowest BCUT2D eigenvalue weighted by Crippen LogP contribution is -2.58. The molecule has 0 bridgehead atoms. The van der Waals surface area contributed by atoms with E-state index in [9.17, 15) is 14.7 Å². The molecule has 2 saturated heterocycles. The van der Waals surface area contributed by atoms with Crippen LogP contribution in [0.25, 0.3) is 0 Å². The van der Waals surface area contributed by atoms with Crippen molar-refractivity contribution in [3.8, 4) is 0 Å². The molecule has 1 aromatic rings. The Morgan fingerprint density at radius 2 is 1.96 bits per heavy atom. The first kappa shape index (κ1) is 16.0. The van der Waals surface area contributed by atoms with E-state index in [1.165, 1.54) is 0 Å². The van der Waals surface area contributed by atoms with Crippen LogP contribution in [-0.4, -0.2) is 59.4 Å². The van der Waals surface area contributed by atoms with Crippen LogP contribution in [-0.2, 0) is 22.7 Å². The predicted molar refractivity (Wildman–Crippen MR) is 85.3 cm³/mol. The van der Waals surface area contributed by atoms with Crippen LogP contribution >= 0.6 is 0 Å². The molecule has 2 amide bonds. The van der Waals surface area contributed by atoms with Crippen LogP contribution in [0.1, 0.15) is 17.5 Å². The molecule has 2 fully saturated rings. The average molecular weight is 317 g/mol. The van der Waals surface area contributed by atoms with Crippen molar-refractivity contribution in [2.24, 2.45) is 5.92 Å². The molecule has 2 N–H and O–H groups in total. The fraction of sp³-hybridized carbons (Fsp3) is 0.529. The van der Waals surface area contributed by atoms with Gasteiger partial charge in [-0.15, -0.1) is 0 Å². The fourth-order valence-corrected chi connectivity index (χ4v) is 3.33. The molecule has 2 heterocycles. The lowest BCUT2D eigenvalue weighted by atomic mass is 10.1. The van der Waals surface area contributed by atoms with Crippen molar-refractivity contribution < 1.29 is 14.7 Å². The Morgan fingerprint density at radius 3 is 2.61 bits per heavy atom. The number of rotatable bonds is 5. The maximum Gasteiger partial charge on any atom is 0.225 e. The van der Waals surface area contributed by atoms with E-state index in [1.54, 1.807) is 0 Å². The van der Waals surface area contributed by atoms with Crippen LogP contribution in [0.5, 0.6) is 0 Å². The number of benzene rings is 1. The van der Waals surface area contributed by atoms with Gasteiger partial charge in [-0.25, -0.2) is 0 Å². The van der Waals surface area contributed by atoms with E-state index in [0.29, 0.717) is 19.5 Å². The Morgan fingerprint density at radius 1 is 1.26 bits per heavy atom. The van der Waals surface area contributed by atoms with Gasteiger partial charge in [-0.05, 0) is 18.2 Å². The number of likely N-dealkylation sites (tertiary alicyclic amines) is 2.